The minimum atomic E-state index is -0.416. The molecule has 1 saturated heterocycles. The third kappa shape index (κ3) is 3.81. The lowest BCUT2D eigenvalue weighted by atomic mass is 9.95. The van der Waals surface area contributed by atoms with Crippen molar-refractivity contribution in [3.63, 3.8) is 0 Å². The van der Waals surface area contributed by atoms with Crippen molar-refractivity contribution in [3.05, 3.63) is 34.4 Å². The summed E-state index contributed by atoms with van der Waals surface area (Å²) in [6, 6.07) is 4.30. The fourth-order valence-electron chi connectivity index (χ4n) is 3.30. The summed E-state index contributed by atoms with van der Waals surface area (Å²) in [6.45, 7) is 11.8. The number of β-amino-alcohol motifs (C(OH)–C–C–N with tert-alkyl or cyclic N) is 1. The molecular weight excluding hydrogens is 250 g/mol. The second kappa shape index (κ2) is 6.70. The van der Waals surface area contributed by atoms with Gasteiger partial charge < -0.3 is 9.84 Å². The Morgan fingerprint density at radius 1 is 1.30 bits per heavy atom. The SMILES string of the molecule is Cc1cc(C)c(C(O)CN2CCCOC(C)C2)c(C)c1. The van der Waals surface area contributed by atoms with E-state index < -0.39 is 6.10 Å². The van der Waals surface area contributed by atoms with Crippen LogP contribution >= 0.6 is 0 Å². The average Bonchev–Trinajstić information content (AvgIpc) is 2.52. The van der Waals surface area contributed by atoms with Gasteiger partial charge in [-0.05, 0) is 50.8 Å². The molecule has 1 heterocycles. The van der Waals surface area contributed by atoms with E-state index in [0.29, 0.717) is 6.54 Å². The molecule has 112 valence electrons. The number of ether oxygens (including phenoxy) is 1. The van der Waals surface area contributed by atoms with E-state index in [9.17, 15) is 5.11 Å². The Labute approximate surface area is 122 Å². The fraction of sp³-hybridized carbons (Fsp3) is 0.647. The Balaban J connectivity index is 2.09. The zero-order valence-electron chi connectivity index (χ0n) is 13.1. The summed E-state index contributed by atoms with van der Waals surface area (Å²) in [5.74, 6) is 0. The van der Waals surface area contributed by atoms with E-state index >= 15 is 0 Å². The van der Waals surface area contributed by atoms with Gasteiger partial charge in [0, 0.05) is 26.2 Å². The van der Waals surface area contributed by atoms with Gasteiger partial charge in [0.1, 0.15) is 0 Å². The molecule has 1 aromatic rings. The van der Waals surface area contributed by atoms with Gasteiger partial charge in [0.05, 0.1) is 12.2 Å². The standard InChI is InChI=1S/C17H27NO2/c1-12-8-13(2)17(14(3)9-12)16(19)11-18-6-5-7-20-15(4)10-18/h8-9,15-16,19H,5-7,10-11H2,1-4H3. The van der Waals surface area contributed by atoms with Crippen LogP contribution in [0.15, 0.2) is 12.1 Å². The molecule has 1 aliphatic heterocycles. The number of aryl methyl sites for hydroxylation is 3. The first-order valence-corrected chi connectivity index (χ1v) is 7.57. The summed E-state index contributed by atoms with van der Waals surface area (Å²) in [5.41, 5.74) is 4.73. The highest BCUT2D eigenvalue weighted by Gasteiger charge is 2.20. The second-order valence-electron chi connectivity index (χ2n) is 6.12. The van der Waals surface area contributed by atoms with Gasteiger partial charge in [0.25, 0.3) is 0 Å². The van der Waals surface area contributed by atoms with Gasteiger partial charge in [0.15, 0.2) is 0 Å². The number of hydrogen-bond acceptors (Lipinski definition) is 3. The Hall–Kier alpha value is -0.900. The molecule has 0 amide bonds. The lowest BCUT2D eigenvalue weighted by Gasteiger charge is -2.26. The number of hydrogen-bond donors (Lipinski definition) is 1. The maximum Gasteiger partial charge on any atom is 0.0922 e. The van der Waals surface area contributed by atoms with Crippen LogP contribution in [0.4, 0.5) is 0 Å². The van der Waals surface area contributed by atoms with Gasteiger partial charge in [-0.15, -0.1) is 0 Å². The lowest BCUT2D eigenvalue weighted by molar-refractivity contribution is 0.0560. The summed E-state index contributed by atoms with van der Waals surface area (Å²) in [4.78, 5) is 2.32. The molecule has 0 aliphatic carbocycles. The van der Waals surface area contributed by atoms with E-state index in [4.69, 9.17) is 4.74 Å². The minimum absolute atomic E-state index is 0.255. The Morgan fingerprint density at radius 2 is 1.95 bits per heavy atom. The maximum atomic E-state index is 10.6. The van der Waals surface area contributed by atoms with Gasteiger partial charge in [-0.3, -0.25) is 4.90 Å². The molecule has 0 radical (unpaired) electrons. The first kappa shape index (κ1) is 15.5. The van der Waals surface area contributed by atoms with Crippen molar-refractivity contribution in [2.75, 3.05) is 26.2 Å². The van der Waals surface area contributed by atoms with Gasteiger partial charge >= 0.3 is 0 Å². The highest BCUT2D eigenvalue weighted by molar-refractivity contribution is 5.39. The van der Waals surface area contributed by atoms with E-state index in [0.717, 1.165) is 31.7 Å². The Morgan fingerprint density at radius 3 is 2.60 bits per heavy atom. The predicted octanol–water partition coefficient (Wildman–Crippen LogP) is 2.76. The lowest BCUT2D eigenvalue weighted by Crippen LogP contribution is -2.34. The van der Waals surface area contributed by atoms with Crippen LogP contribution in [-0.2, 0) is 4.74 Å². The number of aliphatic hydroxyl groups is 1. The van der Waals surface area contributed by atoms with Crippen LogP contribution in [-0.4, -0.2) is 42.4 Å². The number of rotatable bonds is 3. The van der Waals surface area contributed by atoms with Gasteiger partial charge in [-0.1, -0.05) is 17.7 Å². The van der Waals surface area contributed by atoms with Crippen molar-refractivity contribution in [1.82, 2.24) is 4.90 Å². The van der Waals surface area contributed by atoms with Crippen LogP contribution in [0.5, 0.6) is 0 Å². The molecule has 0 bridgehead atoms. The number of benzene rings is 1. The first-order chi connectivity index (χ1) is 9.47. The highest BCUT2D eigenvalue weighted by Crippen LogP contribution is 2.24. The van der Waals surface area contributed by atoms with Crippen LogP contribution < -0.4 is 0 Å². The third-order valence-corrected chi connectivity index (χ3v) is 4.04. The molecule has 20 heavy (non-hydrogen) atoms. The monoisotopic (exact) mass is 277 g/mol. The average molecular weight is 277 g/mol. The van der Waals surface area contributed by atoms with E-state index in [1.165, 1.54) is 16.7 Å². The minimum Gasteiger partial charge on any atom is -0.387 e. The first-order valence-electron chi connectivity index (χ1n) is 7.57. The van der Waals surface area contributed by atoms with Crippen LogP contribution in [0.2, 0.25) is 0 Å². The van der Waals surface area contributed by atoms with Crippen molar-refractivity contribution in [1.29, 1.82) is 0 Å². The van der Waals surface area contributed by atoms with Crippen LogP contribution in [0.1, 0.15) is 41.7 Å². The summed E-state index contributed by atoms with van der Waals surface area (Å²) >= 11 is 0. The molecule has 2 rings (SSSR count). The molecule has 2 unspecified atom stereocenters. The van der Waals surface area contributed by atoms with E-state index in [1.54, 1.807) is 0 Å². The topological polar surface area (TPSA) is 32.7 Å². The summed E-state index contributed by atoms with van der Waals surface area (Å²) in [5, 5.41) is 10.6. The molecule has 2 atom stereocenters. The van der Waals surface area contributed by atoms with Crippen molar-refractivity contribution in [2.45, 2.75) is 46.3 Å². The van der Waals surface area contributed by atoms with Gasteiger partial charge in [0.2, 0.25) is 0 Å². The molecule has 1 fully saturated rings. The molecule has 0 spiro atoms. The maximum absolute atomic E-state index is 10.6. The molecule has 1 aromatic carbocycles. The van der Waals surface area contributed by atoms with Crippen molar-refractivity contribution < 1.29 is 9.84 Å². The van der Waals surface area contributed by atoms with Crippen LogP contribution in [0.3, 0.4) is 0 Å². The fourth-order valence-corrected chi connectivity index (χ4v) is 3.30. The quantitative estimate of drug-likeness (QED) is 0.922. The number of nitrogens with zero attached hydrogens (tertiary/aromatic N) is 1. The molecule has 1 N–H and O–H groups in total. The van der Waals surface area contributed by atoms with E-state index in [2.05, 4.69) is 44.7 Å². The molecule has 3 nitrogen and oxygen atoms in total. The zero-order valence-corrected chi connectivity index (χ0v) is 13.1. The van der Waals surface area contributed by atoms with E-state index in [-0.39, 0.29) is 6.10 Å². The number of aliphatic hydroxyl groups excluding tert-OH is 1. The van der Waals surface area contributed by atoms with Gasteiger partial charge in [-0.2, -0.15) is 0 Å². The van der Waals surface area contributed by atoms with Crippen molar-refractivity contribution in [2.24, 2.45) is 0 Å². The van der Waals surface area contributed by atoms with Crippen molar-refractivity contribution in [3.8, 4) is 0 Å². The molecular formula is C17H27NO2. The van der Waals surface area contributed by atoms with Gasteiger partial charge in [-0.25, -0.2) is 0 Å². The molecule has 1 aliphatic rings. The van der Waals surface area contributed by atoms with Crippen LogP contribution in [0.25, 0.3) is 0 Å². The summed E-state index contributed by atoms with van der Waals surface area (Å²) < 4.78 is 5.66. The highest BCUT2D eigenvalue weighted by atomic mass is 16.5. The normalized spacial score (nSPS) is 22.6. The largest absolute Gasteiger partial charge is 0.387 e. The second-order valence-corrected chi connectivity index (χ2v) is 6.12. The smallest absolute Gasteiger partial charge is 0.0922 e. The van der Waals surface area contributed by atoms with Crippen LogP contribution in [0, 0.1) is 20.8 Å². The Kier molecular flexibility index (Phi) is 5.19. The van der Waals surface area contributed by atoms with Crippen molar-refractivity contribution >= 4 is 0 Å². The molecule has 3 heteroatoms. The molecule has 0 saturated carbocycles. The third-order valence-electron chi connectivity index (χ3n) is 4.04. The zero-order chi connectivity index (χ0) is 14.7. The summed E-state index contributed by atoms with van der Waals surface area (Å²) in [6.07, 6.45) is 0.883. The summed E-state index contributed by atoms with van der Waals surface area (Å²) in [7, 11) is 0. The predicted molar refractivity (Wildman–Crippen MR) is 82.1 cm³/mol. The Bertz CT molecular complexity index is 435. The van der Waals surface area contributed by atoms with E-state index in [1.807, 2.05) is 0 Å². The molecule has 0 aromatic heterocycles.